The maximum absolute atomic E-state index is 11.7. The van der Waals surface area contributed by atoms with Crippen LogP contribution in [0.1, 0.15) is 16.7 Å². The standard InChI is InChI=1S/C14H17NO3/c1-2-7-18-14(17)15-6-5-12-8-11(10-16)3-4-13(12)9-15/h2-4,8,16H,1,5-7,9-10H2. The molecule has 1 aliphatic rings. The van der Waals surface area contributed by atoms with Crippen LogP contribution in [0.5, 0.6) is 0 Å². The maximum Gasteiger partial charge on any atom is 0.410 e. The van der Waals surface area contributed by atoms with E-state index in [1.807, 2.05) is 18.2 Å². The molecule has 0 radical (unpaired) electrons. The Morgan fingerprint density at radius 1 is 1.50 bits per heavy atom. The van der Waals surface area contributed by atoms with Crippen LogP contribution in [0.25, 0.3) is 0 Å². The van der Waals surface area contributed by atoms with Gasteiger partial charge in [-0.05, 0) is 23.1 Å². The fraction of sp³-hybridized carbons (Fsp3) is 0.357. The largest absolute Gasteiger partial charge is 0.445 e. The Bertz CT molecular complexity index is 456. The molecule has 1 aromatic carbocycles. The lowest BCUT2D eigenvalue weighted by atomic mass is 9.98. The van der Waals surface area contributed by atoms with Gasteiger partial charge >= 0.3 is 6.09 Å². The number of aliphatic hydroxyl groups excluding tert-OH is 1. The molecule has 0 atom stereocenters. The minimum absolute atomic E-state index is 0.0539. The van der Waals surface area contributed by atoms with Crippen molar-refractivity contribution in [2.75, 3.05) is 13.2 Å². The minimum Gasteiger partial charge on any atom is -0.445 e. The van der Waals surface area contributed by atoms with E-state index in [4.69, 9.17) is 9.84 Å². The summed E-state index contributed by atoms with van der Waals surface area (Å²) in [6.45, 7) is 5.03. The lowest BCUT2D eigenvalue weighted by Gasteiger charge is -2.28. The second kappa shape index (κ2) is 5.69. The molecular weight excluding hydrogens is 230 g/mol. The van der Waals surface area contributed by atoms with Crippen LogP contribution in [-0.4, -0.2) is 29.3 Å². The van der Waals surface area contributed by atoms with Gasteiger partial charge in [0.15, 0.2) is 0 Å². The van der Waals surface area contributed by atoms with Crippen molar-refractivity contribution in [3.63, 3.8) is 0 Å². The van der Waals surface area contributed by atoms with Crippen LogP contribution >= 0.6 is 0 Å². The number of hydrogen-bond donors (Lipinski definition) is 1. The predicted molar refractivity (Wildman–Crippen MR) is 68.0 cm³/mol. The highest BCUT2D eigenvalue weighted by Crippen LogP contribution is 2.21. The first-order chi connectivity index (χ1) is 8.74. The fourth-order valence-corrected chi connectivity index (χ4v) is 2.08. The zero-order chi connectivity index (χ0) is 13.0. The normalized spacial score (nSPS) is 13.9. The monoisotopic (exact) mass is 247 g/mol. The summed E-state index contributed by atoms with van der Waals surface area (Å²) in [4.78, 5) is 13.4. The lowest BCUT2D eigenvalue weighted by molar-refractivity contribution is 0.107. The Kier molecular flexibility index (Phi) is 3.99. The van der Waals surface area contributed by atoms with Crippen molar-refractivity contribution in [2.45, 2.75) is 19.6 Å². The number of nitrogens with zero attached hydrogens (tertiary/aromatic N) is 1. The fourth-order valence-electron chi connectivity index (χ4n) is 2.08. The maximum atomic E-state index is 11.7. The van der Waals surface area contributed by atoms with E-state index in [0.29, 0.717) is 13.1 Å². The molecule has 96 valence electrons. The second-order valence-electron chi connectivity index (χ2n) is 4.30. The Balaban J connectivity index is 2.05. The van der Waals surface area contributed by atoms with E-state index >= 15 is 0 Å². The smallest absolute Gasteiger partial charge is 0.410 e. The van der Waals surface area contributed by atoms with E-state index in [1.54, 1.807) is 11.0 Å². The van der Waals surface area contributed by atoms with Crippen molar-refractivity contribution in [1.29, 1.82) is 0 Å². The summed E-state index contributed by atoms with van der Waals surface area (Å²) in [7, 11) is 0. The van der Waals surface area contributed by atoms with Gasteiger partial charge in [0.2, 0.25) is 0 Å². The number of fused-ring (bicyclic) bond motifs is 1. The van der Waals surface area contributed by atoms with Crippen LogP contribution in [-0.2, 0) is 24.3 Å². The molecule has 0 aliphatic carbocycles. The van der Waals surface area contributed by atoms with Gasteiger partial charge in [0.05, 0.1) is 6.61 Å². The molecule has 1 heterocycles. The van der Waals surface area contributed by atoms with Gasteiger partial charge < -0.3 is 14.7 Å². The number of benzene rings is 1. The molecule has 18 heavy (non-hydrogen) atoms. The SMILES string of the molecule is C=CCOC(=O)N1CCc2cc(CO)ccc2C1. The molecule has 0 aromatic heterocycles. The van der Waals surface area contributed by atoms with Gasteiger partial charge in [-0.3, -0.25) is 0 Å². The molecule has 4 nitrogen and oxygen atoms in total. The third-order valence-electron chi connectivity index (χ3n) is 3.05. The number of ether oxygens (including phenoxy) is 1. The zero-order valence-electron chi connectivity index (χ0n) is 10.3. The summed E-state index contributed by atoms with van der Waals surface area (Å²) in [5.41, 5.74) is 3.24. The van der Waals surface area contributed by atoms with Crippen LogP contribution in [0.2, 0.25) is 0 Å². The molecule has 0 fully saturated rings. The highest BCUT2D eigenvalue weighted by molar-refractivity contribution is 5.68. The van der Waals surface area contributed by atoms with Crippen LogP contribution in [0.15, 0.2) is 30.9 Å². The Morgan fingerprint density at radius 3 is 3.06 bits per heavy atom. The van der Waals surface area contributed by atoms with E-state index in [0.717, 1.165) is 17.5 Å². The van der Waals surface area contributed by atoms with Gasteiger partial charge in [0, 0.05) is 13.1 Å². The quantitative estimate of drug-likeness (QED) is 0.829. The minimum atomic E-state index is -0.299. The molecule has 1 amide bonds. The van der Waals surface area contributed by atoms with Gasteiger partial charge in [-0.15, -0.1) is 0 Å². The van der Waals surface area contributed by atoms with Crippen molar-refractivity contribution < 1.29 is 14.6 Å². The zero-order valence-corrected chi connectivity index (χ0v) is 10.3. The van der Waals surface area contributed by atoms with Crippen LogP contribution in [0, 0.1) is 0 Å². The number of rotatable bonds is 3. The number of aliphatic hydroxyl groups is 1. The summed E-state index contributed by atoms with van der Waals surface area (Å²) in [6.07, 6.45) is 2.06. The molecule has 0 unspecified atom stereocenters. The molecule has 4 heteroatoms. The van der Waals surface area contributed by atoms with Gasteiger partial charge in [-0.25, -0.2) is 4.79 Å². The summed E-state index contributed by atoms with van der Waals surface area (Å²) >= 11 is 0. The Morgan fingerprint density at radius 2 is 2.33 bits per heavy atom. The lowest BCUT2D eigenvalue weighted by Crippen LogP contribution is -2.36. The summed E-state index contributed by atoms with van der Waals surface area (Å²) in [5, 5.41) is 9.08. The third kappa shape index (κ3) is 2.71. The number of carbonyl (C=O) groups is 1. The number of amides is 1. The average molecular weight is 247 g/mol. The molecule has 0 saturated heterocycles. The molecule has 1 aliphatic heterocycles. The second-order valence-corrected chi connectivity index (χ2v) is 4.30. The first-order valence-electron chi connectivity index (χ1n) is 5.98. The van der Waals surface area contributed by atoms with E-state index in [-0.39, 0.29) is 19.3 Å². The first-order valence-corrected chi connectivity index (χ1v) is 5.98. The molecule has 0 bridgehead atoms. The van der Waals surface area contributed by atoms with Gasteiger partial charge in [-0.2, -0.15) is 0 Å². The molecule has 2 rings (SSSR count). The average Bonchev–Trinajstić information content (AvgIpc) is 2.43. The number of carbonyl (C=O) groups excluding carboxylic acids is 1. The van der Waals surface area contributed by atoms with E-state index in [9.17, 15) is 4.79 Å². The van der Waals surface area contributed by atoms with E-state index in [2.05, 4.69) is 6.58 Å². The molecular formula is C14H17NO3. The van der Waals surface area contributed by atoms with Crippen molar-refractivity contribution >= 4 is 6.09 Å². The Hall–Kier alpha value is -1.81. The summed E-state index contributed by atoms with van der Waals surface area (Å²) in [5.74, 6) is 0. The van der Waals surface area contributed by atoms with Crippen molar-refractivity contribution in [3.8, 4) is 0 Å². The molecule has 0 saturated carbocycles. The van der Waals surface area contributed by atoms with Crippen LogP contribution in [0.3, 0.4) is 0 Å². The van der Waals surface area contributed by atoms with Crippen molar-refractivity contribution in [2.24, 2.45) is 0 Å². The van der Waals surface area contributed by atoms with Gasteiger partial charge in [0.25, 0.3) is 0 Å². The van der Waals surface area contributed by atoms with Crippen molar-refractivity contribution in [1.82, 2.24) is 4.90 Å². The molecule has 0 spiro atoms. The van der Waals surface area contributed by atoms with Gasteiger partial charge in [-0.1, -0.05) is 30.9 Å². The summed E-state index contributed by atoms with van der Waals surface area (Å²) in [6, 6.07) is 5.85. The Labute approximate surface area is 106 Å². The molecule has 1 aromatic rings. The van der Waals surface area contributed by atoms with Gasteiger partial charge in [0.1, 0.15) is 6.61 Å². The third-order valence-corrected chi connectivity index (χ3v) is 3.05. The van der Waals surface area contributed by atoms with E-state index < -0.39 is 0 Å². The van der Waals surface area contributed by atoms with Crippen LogP contribution < -0.4 is 0 Å². The summed E-state index contributed by atoms with van der Waals surface area (Å²) < 4.78 is 5.02. The first kappa shape index (κ1) is 12.6. The topological polar surface area (TPSA) is 49.8 Å². The van der Waals surface area contributed by atoms with Crippen LogP contribution in [0.4, 0.5) is 4.79 Å². The van der Waals surface area contributed by atoms with E-state index in [1.165, 1.54) is 5.56 Å². The highest BCUT2D eigenvalue weighted by Gasteiger charge is 2.21. The predicted octanol–water partition coefficient (Wildman–Crippen LogP) is 1.86. The molecule has 1 N–H and O–H groups in total. The highest BCUT2D eigenvalue weighted by atomic mass is 16.6. The van der Waals surface area contributed by atoms with Crippen molar-refractivity contribution in [3.05, 3.63) is 47.5 Å². The number of hydrogen-bond acceptors (Lipinski definition) is 3.